The van der Waals surface area contributed by atoms with Gasteiger partial charge in [0.1, 0.15) is 54.3 Å². The third kappa shape index (κ3) is 11.7. The molecule has 0 aliphatic carbocycles. The largest absolute Gasteiger partial charge is 0.296 e. The van der Waals surface area contributed by atoms with E-state index in [0.29, 0.717) is 29.6 Å². The highest BCUT2D eigenvalue weighted by molar-refractivity contribution is 6.16. The molecule has 19 aromatic rings. The second-order valence-electron chi connectivity index (χ2n) is 34.1. The van der Waals surface area contributed by atoms with Crippen molar-refractivity contribution in [2.45, 2.75) is 160 Å². The summed E-state index contributed by atoms with van der Waals surface area (Å²) in [6, 6.07) is 87.5. The molecule has 0 fully saturated rings. The van der Waals surface area contributed by atoms with Crippen LogP contribution in [0.2, 0.25) is 0 Å². The predicted molar refractivity (Wildman–Crippen MR) is 483 cm³/mol. The van der Waals surface area contributed by atoms with E-state index >= 15 is 0 Å². The van der Waals surface area contributed by atoms with Crippen LogP contribution < -0.4 is 22.7 Å². The molecule has 574 valence electrons. The van der Waals surface area contributed by atoms with Crippen LogP contribution in [0.4, 0.5) is 0 Å². The first-order valence-electron chi connectivity index (χ1n) is 46.1. The molecule has 117 heavy (non-hydrogen) atoms. The highest BCUT2D eigenvalue weighted by Gasteiger charge is 2.39. The van der Waals surface area contributed by atoms with Gasteiger partial charge in [-0.25, -0.2) is 13.7 Å². The van der Waals surface area contributed by atoms with E-state index in [1.807, 2.05) is 82.8 Å². The van der Waals surface area contributed by atoms with E-state index in [2.05, 4.69) is 285 Å². The molecule has 8 nitrogen and oxygen atoms in total. The number of para-hydroxylation sites is 1. The van der Waals surface area contributed by atoms with Gasteiger partial charge in [0.2, 0.25) is 11.4 Å². The van der Waals surface area contributed by atoms with Crippen LogP contribution in [0, 0.1) is 48.3 Å². The average Bonchev–Trinajstić information content (AvgIpc) is 1.53. The lowest BCUT2D eigenvalue weighted by molar-refractivity contribution is -0.678. The molecule has 0 amide bonds. The number of aryl methyl sites for hydroxylation is 6. The molecule has 0 spiro atoms. The summed E-state index contributed by atoms with van der Waals surface area (Å²) >= 11 is 0. The van der Waals surface area contributed by atoms with E-state index in [4.69, 9.17) is 12.3 Å². The molecule has 0 saturated heterocycles. The lowest BCUT2D eigenvalue weighted by Crippen LogP contribution is -2.35. The van der Waals surface area contributed by atoms with Gasteiger partial charge in [0.25, 0.3) is 16.9 Å². The minimum Gasteiger partial charge on any atom is -0.225 e. The number of hydrogen-bond donors (Lipinski definition) is 0. The van der Waals surface area contributed by atoms with Gasteiger partial charge in [-0.15, -0.1) is 0 Å². The number of nitrogens with zero attached hydrogens (tertiary/aromatic N) is 8. The molecular formula is C109H103N8+5. The van der Waals surface area contributed by atoms with Crippen LogP contribution >= 0.6 is 0 Å². The van der Waals surface area contributed by atoms with Crippen molar-refractivity contribution in [1.29, 1.82) is 0 Å². The number of benzene rings is 11. The maximum Gasteiger partial charge on any atom is 0.296 e. The van der Waals surface area contributed by atoms with E-state index < -0.39 is 26.5 Å². The zero-order valence-electron chi connectivity index (χ0n) is 77.8. The van der Waals surface area contributed by atoms with Gasteiger partial charge < -0.3 is 0 Å². The fourth-order valence-electron chi connectivity index (χ4n) is 20.3. The van der Waals surface area contributed by atoms with Crippen LogP contribution in [0.25, 0.3) is 138 Å². The lowest BCUT2D eigenvalue weighted by atomic mass is 9.86. The van der Waals surface area contributed by atoms with Crippen molar-refractivity contribution in [3.63, 3.8) is 0 Å². The van der Waals surface area contributed by atoms with Gasteiger partial charge in [0.05, 0.1) is 27.3 Å². The molecule has 1 unspecified atom stereocenters. The molecule has 1 atom stereocenters. The molecule has 0 radical (unpaired) electrons. The summed E-state index contributed by atoms with van der Waals surface area (Å²) in [4.78, 5) is 0. The summed E-state index contributed by atoms with van der Waals surface area (Å²) in [7, 11) is 0. The molecule has 0 saturated carbocycles. The highest BCUT2D eigenvalue weighted by atomic mass is 15.2. The lowest BCUT2D eigenvalue weighted by Gasteiger charge is -2.18. The summed E-state index contributed by atoms with van der Waals surface area (Å²) in [6.45, 7) is 24.5. The number of hydrogen-bond acceptors (Lipinski definition) is 0. The number of pyridine rings is 5. The Hall–Kier alpha value is -12.7. The molecule has 0 N–H and O–H groups in total. The van der Waals surface area contributed by atoms with Crippen LogP contribution in [0.5, 0.6) is 0 Å². The minimum absolute atomic E-state index is 0.266. The van der Waals surface area contributed by atoms with Gasteiger partial charge in [-0.05, 0) is 146 Å². The highest BCUT2D eigenvalue weighted by Crippen LogP contribution is 2.46. The van der Waals surface area contributed by atoms with E-state index in [9.17, 15) is 0 Å². The summed E-state index contributed by atoms with van der Waals surface area (Å²) in [5.41, 5.74) is 38.5. The van der Waals surface area contributed by atoms with Gasteiger partial charge in [0, 0.05) is 127 Å². The zero-order valence-corrected chi connectivity index (χ0v) is 68.8. The van der Waals surface area contributed by atoms with Crippen LogP contribution in [-0.4, -0.2) is 13.4 Å². The number of rotatable bonds is 7. The fourth-order valence-corrected chi connectivity index (χ4v) is 20.3. The summed E-state index contributed by atoms with van der Waals surface area (Å²) in [6.07, 6.45) is 6.49. The van der Waals surface area contributed by atoms with Gasteiger partial charge in [-0.1, -0.05) is 242 Å². The molecule has 0 bridgehead atoms. The van der Waals surface area contributed by atoms with E-state index in [0.717, 1.165) is 65.5 Å². The quantitative estimate of drug-likeness (QED) is 0.113. The molecule has 8 aromatic heterocycles. The first-order valence-corrected chi connectivity index (χ1v) is 41.6. The SMILES string of the molecule is Cc1ccc2c(c1)c1cccc3c1c1n2c(-c2c(C(C)C)cccc2C(C)C)c[n+]1C3.Cc1ccc2c(c1)c1cccc3c1c1n2c(-c2c(C)cccc2C)c[n+]1C3.[2H]C([2H])([2H])C(C)c1cccc(C(C)C)c1-c1c(C)n2c3c4c(cccc4c4ccccc4[n+]13)C2.[2H]C([2H])([2H])c1ccc2[n+](c1)Cc1ccccc1-2.[2H]C([2H])([2H])c1cccc2[n+]1Cc1ccccc1-2. The smallest absolute Gasteiger partial charge is 0.225 e. The molecule has 5 aliphatic heterocycles. The van der Waals surface area contributed by atoms with Crippen molar-refractivity contribution in [3.8, 4) is 56.3 Å². The first kappa shape index (κ1) is 63.6. The normalized spacial score (nSPS) is 14.6. The number of aromatic nitrogens is 8. The van der Waals surface area contributed by atoms with Crippen LogP contribution in [-0.2, 0) is 32.7 Å². The molecular weight excluding hydrogens is 1420 g/mol. The third-order valence-corrected chi connectivity index (χ3v) is 25.6. The number of imidazole rings is 3. The Morgan fingerprint density at radius 1 is 0.350 bits per heavy atom. The summed E-state index contributed by atoms with van der Waals surface area (Å²) < 4.78 is 88.2. The monoisotopic (exact) mass is 1530 g/mol. The molecule has 13 heterocycles. The van der Waals surface area contributed by atoms with Crippen molar-refractivity contribution in [3.05, 3.63) is 357 Å². The minimum atomic E-state index is -2.07. The van der Waals surface area contributed by atoms with E-state index in [1.54, 1.807) is 18.3 Å². The van der Waals surface area contributed by atoms with Gasteiger partial charge in [-0.2, -0.15) is 22.3 Å². The standard InChI is InChI=1S/2C29H29N2.C25H21N2.2C13H12N/c1-17(2)21-9-7-10-22(18(3)4)28(21)26-16-30-15-20-8-6-11-23-24-14-19(5)12-13-25(24)31(26)29(30)27(20)23;1-17(2)21-12-9-13-22(18(3)4)27(21)28-19(5)30-16-20-10-8-14-24-23-11-6-7-15-25(23)31(28)29(30)26(20)24;1-15-10-11-21-20(12-15)19-9-5-8-18-13-26-14-22(27(21)25(26)24(18)19)23-16(2)6-4-7-17(23)3;1-10-5-4-8-13-12-7-3-2-6-11(12)9-14(10)13;1-10-6-7-13-12-5-3-2-4-11(12)9-14(13)8-10/h6-14,16-18H,15H2,1-5H3;6-15,17-18H,16H2,1-5H3;4-12,14H,13H2,1-3H3;2*2-8H,9H2,1H3/q5*+1/i;1D3;;2*1D3. The Balaban J connectivity index is 0.000000102. The van der Waals surface area contributed by atoms with E-state index in [1.165, 1.54) is 177 Å². The van der Waals surface area contributed by atoms with Crippen molar-refractivity contribution >= 4 is 82.0 Å². The van der Waals surface area contributed by atoms with Gasteiger partial charge in [-0.3, -0.25) is 0 Å². The Kier molecular flexibility index (Phi) is 15.4. The van der Waals surface area contributed by atoms with Crippen molar-refractivity contribution in [2.75, 3.05) is 0 Å². The summed E-state index contributed by atoms with van der Waals surface area (Å²) in [5, 5.41) is 12.1. The molecule has 11 aromatic carbocycles. The third-order valence-electron chi connectivity index (χ3n) is 25.6. The second-order valence-corrected chi connectivity index (χ2v) is 34.1. The molecule has 24 rings (SSSR count). The zero-order chi connectivity index (χ0) is 87.7. The first-order chi connectivity index (χ1) is 60.4. The van der Waals surface area contributed by atoms with E-state index in [-0.39, 0.29) is 5.92 Å². The maximum atomic E-state index is 8.20. The van der Waals surface area contributed by atoms with Crippen LogP contribution in [0.1, 0.15) is 181 Å². The van der Waals surface area contributed by atoms with Gasteiger partial charge in [0.15, 0.2) is 42.1 Å². The Morgan fingerprint density at radius 2 is 0.821 bits per heavy atom. The van der Waals surface area contributed by atoms with Crippen LogP contribution in [0.15, 0.2) is 267 Å². The van der Waals surface area contributed by atoms with Gasteiger partial charge >= 0.3 is 0 Å². The van der Waals surface area contributed by atoms with Crippen LogP contribution in [0.3, 0.4) is 0 Å². The number of fused-ring (bicyclic) bond motifs is 15. The topological polar surface area (TPSA) is 33.4 Å². The molecule has 8 heteroatoms. The molecule has 5 aliphatic rings. The summed E-state index contributed by atoms with van der Waals surface area (Å²) in [5.74, 6) is 0.646. The van der Waals surface area contributed by atoms with Crippen molar-refractivity contribution in [1.82, 2.24) is 13.4 Å². The predicted octanol–water partition coefficient (Wildman–Crippen LogP) is 24.3. The average molecular weight is 1530 g/mol. The Morgan fingerprint density at radius 3 is 1.41 bits per heavy atom. The van der Waals surface area contributed by atoms with Crippen molar-refractivity contribution in [2.24, 2.45) is 0 Å². The maximum absolute atomic E-state index is 8.20. The Bertz CT molecular complexity index is 7730. The fraction of sp³-hybridized carbons (Fsp3) is 0.220. The second kappa shape index (κ2) is 28.4. The van der Waals surface area contributed by atoms with Crippen molar-refractivity contribution < 1.29 is 35.0 Å². The Labute approximate surface area is 699 Å².